The van der Waals surface area contributed by atoms with Crippen molar-refractivity contribution in [3.8, 4) is 0 Å². The third-order valence-corrected chi connectivity index (χ3v) is 2.77. The molecule has 2 rings (SSSR count). The zero-order valence-corrected chi connectivity index (χ0v) is 11.5. The molecule has 0 aliphatic rings. The molecule has 0 unspecified atom stereocenters. The van der Waals surface area contributed by atoms with Crippen LogP contribution in [0, 0.1) is 5.41 Å². The lowest BCUT2D eigenvalue weighted by Gasteiger charge is -2.07. The Morgan fingerprint density at radius 3 is 2.67 bits per heavy atom. The molecule has 0 fully saturated rings. The maximum Gasteiger partial charge on any atom is 0.275 e. The van der Waals surface area contributed by atoms with Gasteiger partial charge in [-0.25, -0.2) is 9.97 Å². The van der Waals surface area contributed by atoms with Gasteiger partial charge in [0.1, 0.15) is 23.7 Å². The first kappa shape index (κ1) is 14.4. The van der Waals surface area contributed by atoms with E-state index in [0.29, 0.717) is 5.82 Å². The Balaban J connectivity index is 2.14. The molecular formula is C12H16N8O. The van der Waals surface area contributed by atoms with Gasteiger partial charge in [-0.15, -0.1) is 0 Å². The molecule has 9 nitrogen and oxygen atoms in total. The predicted octanol–water partition coefficient (Wildman–Crippen LogP) is 0.323. The lowest BCUT2D eigenvalue weighted by molar-refractivity contribution is -0.110. The number of amides is 1. The minimum Gasteiger partial charge on any atom is -0.383 e. The quantitative estimate of drug-likeness (QED) is 0.498. The summed E-state index contributed by atoms with van der Waals surface area (Å²) in [5, 5.41) is 17.1. The zero-order chi connectivity index (χ0) is 15.4. The molecule has 110 valence electrons. The highest BCUT2D eigenvalue weighted by Gasteiger charge is 2.20. The first-order chi connectivity index (χ1) is 10.0. The van der Waals surface area contributed by atoms with E-state index in [4.69, 9.17) is 16.9 Å². The van der Waals surface area contributed by atoms with Crippen LogP contribution in [0.2, 0.25) is 0 Å². The fourth-order valence-electron chi connectivity index (χ4n) is 1.79. The smallest absolute Gasteiger partial charge is 0.275 e. The average molecular weight is 288 g/mol. The van der Waals surface area contributed by atoms with Gasteiger partial charge in [-0.2, -0.15) is 5.10 Å². The Bertz CT molecular complexity index is 657. The van der Waals surface area contributed by atoms with Gasteiger partial charge in [0.15, 0.2) is 5.82 Å². The third kappa shape index (κ3) is 3.14. The van der Waals surface area contributed by atoms with Crippen LogP contribution in [0.4, 0.5) is 17.5 Å². The lowest BCUT2D eigenvalue weighted by atomic mass is 10.1. The zero-order valence-electron chi connectivity index (χ0n) is 11.5. The standard InChI is InChI=1S/C12H16N8O/c1-2-3-6-4-7(20-19-6)18-12(21)9(13)8-10(14)16-5-17-11(8)15/h4-5,13H,2-3H2,1H3,(H4,14,15,16,17)(H2,18,19,20,21). The summed E-state index contributed by atoms with van der Waals surface area (Å²) in [5.41, 5.74) is 11.8. The van der Waals surface area contributed by atoms with Crippen LogP contribution in [0.3, 0.4) is 0 Å². The molecule has 0 spiro atoms. The molecule has 0 aliphatic heterocycles. The number of nitrogen functional groups attached to an aromatic ring is 2. The average Bonchev–Trinajstić information content (AvgIpc) is 2.86. The van der Waals surface area contributed by atoms with Crippen molar-refractivity contribution in [3.05, 3.63) is 23.7 Å². The van der Waals surface area contributed by atoms with Crippen LogP contribution in [0.15, 0.2) is 12.4 Å². The predicted molar refractivity (Wildman–Crippen MR) is 78.9 cm³/mol. The Hall–Kier alpha value is -2.97. The Morgan fingerprint density at radius 1 is 1.38 bits per heavy atom. The first-order valence-corrected chi connectivity index (χ1v) is 6.33. The van der Waals surface area contributed by atoms with E-state index in [1.807, 2.05) is 6.92 Å². The maximum absolute atomic E-state index is 12.0. The van der Waals surface area contributed by atoms with E-state index in [9.17, 15) is 4.79 Å². The summed E-state index contributed by atoms with van der Waals surface area (Å²) in [6.45, 7) is 2.04. The molecular weight excluding hydrogens is 272 g/mol. The van der Waals surface area contributed by atoms with Gasteiger partial charge in [-0.05, 0) is 6.42 Å². The van der Waals surface area contributed by atoms with E-state index in [0.717, 1.165) is 18.5 Å². The largest absolute Gasteiger partial charge is 0.383 e. The highest BCUT2D eigenvalue weighted by molar-refractivity contribution is 6.49. The molecule has 7 N–H and O–H groups in total. The van der Waals surface area contributed by atoms with Crippen LogP contribution in [-0.4, -0.2) is 31.8 Å². The highest BCUT2D eigenvalue weighted by Crippen LogP contribution is 2.15. The summed E-state index contributed by atoms with van der Waals surface area (Å²) >= 11 is 0. The summed E-state index contributed by atoms with van der Waals surface area (Å²) in [7, 11) is 0. The van der Waals surface area contributed by atoms with Crippen molar-refractivity contribution >= 4 is 29.1 Å². The van der Waals surface area contributed by atoms with Gasteiger partial charge in [0.2, 0.25) is 0 Å². The first-order valence-electron chi connectivity index (χ1n) is 6.33. The monoisotopic (exact) mass is 288 g/mol. The Kier molecular flexibility index (Phi) is 4.12. The van der Waals surface area contributed by atoms with Crippen LogP contribution in [0.1, 0.15) is 24.6 Å². The van der Waals surface area contributed by atoms with Crippen molar-refractivity contribution < 1.29 is 4.79 Å². The third-order valence-electron chi connectivity index (χ3n) is 2.77. The SMILES string of the molecule is CCCc1cc(NC(=O)C(=N)c2c(N)ncnc2N)n[nH]1. The number of H-pyrrole nitrogens is 1. The molecule has 0 saturated heterocycles. The van der Waals surface area contributed by atoms with Gasteiger partial charge in [0.05, 0.1) is 5.56 Å². The Morgan fingerprint density at radius 2 is 2.05 bits per heavy atom. The number of hydrogen-bond donors (Lipinski definition) is 5. The van der Waals surface area contributed by atoms with Crippen molar-refractivity contribution in [2.24, 2.45) is 0 Å². The number of hydrogen-bond acceptors (Lipinski definition) is 7. The molecule has 2 aromatic rings. The van der Waals surface area contributed by atoms with E-state index in [1.165, 1.54) is 6.33 Å². The number of rotatable bonds is 5. The number of carbonyl (C=O) groups is 1. The molecule has 2 aromatic heterocycles. The second-order valence-electron chi connectivity index (χ2n) is 4.38. The molecule has 0 radical (unpaired) electrons. The molecule has 0 saturated carbocycles. The molecule has 2 heterocycles. The molecule has 0 bridgehead atoms. The summed E-state index contributed by atoms with van der Waals surface area (Å²) in [4.78, 5) is 19.5. The van der Waals surface area contributed by atoms with E-state index < -0.39 is 11.6 Å². The summed E-state index contributed by atoms with van der Waals surface area (Å²) in [5.74, 6) is -0.382. The Labute approximate surface area is 120 Å². The van der Waals surface area contributed by atoms with Gasteiger partial charge in [0.25, 0.3) is 5.91 Å². The van der Waals surface area contributed by atoms with Gasteiger partial charge < -0.3 is 16.8 Å². The van der Waals surface area contributed by atoms with E-state index >= 15 is 0 Å². The van der Waals surface area contributed by atoms with Crippen LogP contribution >= 0.6 is 0 Å². The van der Waals surface area contributed by atoms with E-state index in [-0.39, 0.29) is 17.2 Å². The topological polar surface area (TPSA) is 159 Å². The lowest BCUT2D eigenvalue weighted by Crippen LogP contribution is -2.25. The molecule has 0 aromatic carbocycles. The minimum atomic E-state index is -0.683. The van der Waals surface area contributed by atoms with Crippen molar-refractivity contribution in [2.75, 3.05) is 16.8 Å². The van der Waals surface area contributed by atoms with Crippen molar-refractivity contribution in [2.45, 2.75) is 19.8 Å². The molecule has 1 amide bonds. The van der Waals surface area contributed by atoms with Gasteiger partial charge >= 0.3 is 0 Å². The summed E-state index contributed by atoms with van der Waals surface area (Å²) < 4.78 is 0. The fraction of sp³-hybridized carbons (Fsp3) is 0.250. The molecule has 9 heteroatoms. The summed E-state index contributed by atoms with van der Waals surface area (Å²) in [6.07, 6.45) is 2.96. The second-order valence-corrected chi connectivity index (χ2v) is 4.38. The van der Waals surface area contributed by atoms with Crippen LogP contribution in [-0.2, 0) is 11.2 Å². The number of aromatic amines is 1. The van der Waals surface area contributed by atoms with Crippen LogP contribution in [0.5, 0.6) is 0 Å². The van der Waals surface area contributed by atoms with E-state index in [1.54, 1.807) is 6.07 Å². The van der Waals surface area contributed by atoms with Gasteiger partial charge in [0, 0.05) is 11.8 Å². The molecule has 0 aliphatic carbocycles. The molecule has 0 atom stereocenters. The van der Waals surface area contributed by atoms with Gasteiger partial charge in [-0.1, -0.05) is 13.3 Å². The van der Waals surface area contributed by atoms with Crippen molar-refractivity contribution in [1.82, 2.24) is 20.2 Å². The van der Waals surface area contributed by atoms with Crippen molar-refractivity contribution in [1.29, 1.82) is 5.41 Å². The number of nitrogens with zero attached hydrogens (tertiary/aromatic N) is 3. The van der Waals surface area contributed by atoms with Crippen LogP contribution in [0.25, 0.3) is 0 Å². The normalized spacial score (nSPS) is 10.3. The van der Waals surface area contributed by atoms with Gasteiger partial charge in [-0.3, -0.25) is 15.3 Å². The molecule has 21 heavy (non-hydrogen) atoms. The number of aromatic nitrogens is 4. The number of nitrogens with one attached hydrogen (secondary N) is 3. The van der Waals surface area contributed by atoms with E-state index in [2.05, 4.69) is 25.5 Å². The maximum atomic E-state index is 12.0. The fourth-order valence-corrected chi connectivity index (χ4v) is 1.79. The number of anilines is 3. The van der Waals surface area contributed by atoms with Crippen molar-refractivity contribution in [3.63, 3.8) is 0 Å². The minimum absolute atomic E-state index is 0.0133. The summed E-state index contributed by atoms with van der Waals surface area (Å²) in [6, 6.07) is 1.71. The highest BCUT2D eigenvalue weighted by atomic mass is 16.1. The number of aryl methyl sites for hydroxylation is 1. The number of carbonyl (C=O) groups excluding carboxylic acids is 1. The number of nitrogens with two attached hydrogens (primary N) is 2. The second kappa shape index (κ2) is 5.99. The van der Waals surface area contributed by atoms with Crippen LogP contribution < -0.4 is 16.8 Å².